The van der Waals surface area contributed by atoms with Crippen molar-refractivity contribution in [3.8, 4) is 0 Å². The monoisotopic (exact) mass is 284 g/mol. The molecule has 0 aromatic carbocycles. The van der Waals surface area contributed by atoms with Gasteiger partial charge in [0.15, 0.2) is 0 Å². The number of aliphatic carboxylic acids is 1. The summed E-state index contributed by atoms with van der Waals surface area (Å²) in [7, 11) is 0. The van der Waals surface area contributed by atoms with Crippen LogP contribution >= 0.6 is 0 Å². The Morgan fingerprint density at radius 2 is 1.80 bits per heavy atom. The molecule has 0 radical (unpaired) electrons. The van der Waals surface area contributed by atoms with Gasteiger partial charge < -0.3 is 20.5 Å². The number of hydrogen-bond donors (Lipinski definition) is 3. The number of carboxylic acids is 1. The van der Waals surface area contributed by atoms with Gasteiger partial charge >= 0.3 is 12.0 Å². The maximum Gasteiger partial charge on any atom is 0.314 e. The van der Waals surface area contributed by atoms with Crippen molar-refractivity contribution in [3.05, 3.63) is 0 Å². The van der Waals surface area contributed by atoms with Crippen molar-refractivity contribution in [1.29, 1.82) is 0 Å². The van der Waals surface area contributed by atoms with Gasteiger partial charge in [-0.05, 0) is 31.6 Å². The highest BCUT2D eigenvalue weighted by Gasteiger charge is 2.30. The maximum absolute atomic E-state index is 11.7. The largest absolute Gasteiger partial charge is 0.481 e. The first-order valence-corrected chi connectivity index (χ1v) is 7.53. The van der Waals surface area contributed by atoms with Gasteiger partial charge in [-0.1, -0.05) is 12.8 Å². The fourth-order valence-corrected chi connectivity index (χ4v) is 3.08. The van der Waals surface area contributed by atoms with Crippen LogP contribution in [0.5, 0.6) is 0 Å². The Hall–Kier alpha value is -1.30. The van der Waals surface area contributed by atoms with E-state index >= 15 is 0 Å². The number of nitrogens with one attached hydrogen (secondary N) is 2. The van der Waals surface area contributed by atoms with Gasteiger partial charge in [0.25, 0.3) is 0 Å². The second-order valence-corrected chi connectivity index (χ2v) is 5.72. The molecule has 3 N–H and O–H groups in total. The molecule has 1 saturated carbocycles. The van der Waals surface area contributed by atoms with Gasteiger partial charge in [0.1, 0.15) is 0 Å². The highest BCUT2D eigenvalue weighted by Crippen LogP contribution is 2.29. The van der Waals surface area contributed by atoms with E-state index < -0.39 is 5.97 Å². The molecule has 3 unspecified atom stereocenters. The van der Waals surface area contributed by atoms with Crippen molar-refractivity contribution in [1.82, 2.24) is 10.6 Å². The quantitative estimate of drug-likeness (QED) is 0.711. The molecule has 2 amide bonds. The minimum absolute atomic E-state index is 0.0507. The fraction of sp³-hybridized carbons (Fsp3) is 0.857. The summed E-state index contributed by atoms with van der Waals surface area (Å²) in [6.07, 6.45) is 5.79. The van der Waals surface area contributed by atoms with Gasteiger partial charge in [-0.3, -0.25) is 4.79 Å². The molecule has 1 aliphatic heterocycles. The summed E-state index contributed by atoms with van der Waals surface area (Å²) in [5.74, 6) is -1.01. The molecule has 20 heavy (non-hydrogen) atoms. The molecule has 6 nitrogen and oxygen atoms in total. The Labute approximate surface area is 119 Å². The molecular weight excluding hydrogens is 260 g/mol. The number of urea groups is 1. The van der Waals surface area contributed by atoms with Crippen LogP contribution < -0.4 is 10.6 Å². The van der Waals surface area contributed by atoms with Crippen LogP contribution in [0.15, 0.2) is 0 Å². The third-order valence-electron chi connectivity index (χ3n) is 4.27. The lowest BCUT2D eigenvalue weighted by atomic mass is 9.79. The molecule has 6 heteroatoms. The number of hydrogen-bond acceptors (Lipinski definition) is 3. The molecule has 3 atom stereocenters. The highest BCUT2D eigenvalue weighted by atomic mass is 16.5. The Balaban J connectivity index is 1.67. The Bertz CT molecular complexity index is 342. The zero-order valence-corrected chi connectivity index (χ0v) is 11.8. The van der Waals surface area contributed by atoms with E-state index in [4.69, 9.17) is 4.74 Å². The SMILES string of the molecule is O=C(NCC1CCCO1)NCC1CCCCC1C(=O)O. The topological polar surface area (TPSA) is 87.7 Å². The van der Waals surface area contributed by atoms with Crippen LogP contribution in [0, 0.1) is 11.8 Å². The molecule has 1 heterocycles. The lowest BCUT2D eigenvalue weighted by Gasteiger charge is -2.28. The van der Waals surface area contributed by atoms with Crippen LogP contribution in [0.1, 0.15) is 38.5 Å². The molecule has 2 fully saturated rings. The lowest BCUT2D eigenvalue weighted by molar-refractivity contribution is -0.144. The van der Waals surface area contributed by atoms with E-state index in [1.54, 1.807) is 0 Å². The first-order chi connectivity index (χ1) is 9.66. The smallest absolute Gasteiger partial charge is 0.314 e. The number of carbonyl (C=O) groups is 2. The van der Waals surface area contributed by atoms with Gasteiger partial charge in [-0.25, -0.2) is 4.79 Å². The summed E-state index contributed by atoms with van der Waals surface area (Å²) in [6.45, 7) is 1.74. The Morgan fingerprint density at radius 3 is 2.50 bits per heavy atom. The summed E-state index contributed by atoms with van der Waals surface area (Å²) < 4.78 is 5.43. The van der Waals surface area contributed by atoms with Gasteiger partial charge in [0.2, 0.25) is 0 Å². The normalized spacial score (nSPS) is 29.9. The van der Waals surface area contributed by atoms with Crippen LogP contribution in [0.2, 0.25) is 0 Å². The zero-order valence-electron chi connectivity index (χ0n) is 11.8. The van der Waals surface area contributed by atoms with E-state index in [1.807, 2.05) is 0 Å². The summed E-state index contributed by atoms with van der Waals surface area (Å²) in [6, 6.07) is -0.227. The molecular formula is C14H24N2O4. The minimum Gasteiger partial charge on any atom is -0.481 e. The summed E-state index contributed by atoms with van der Waals surface area (Å²) in [5, 5.41) is 14.8. The van der Waals surface area contributed by atoms with Gasteiger partial charge in [-0.2, -0.15) is 0 Å². The van der Waals surface area contributed by atoms with Crippen molar-refractivity contribution >= 4 is 12.0 Å². The molecule has 1 aliphatic carbocycles. The second-order valence-electron chi connectivity index (χ2n) is 5.72. The van der Waals surface area contributed by atoms with Gasteiger partial charge in [-0.15, -0.1) is 0 Å². The first kappa shape index (κ1) is 15.1. The van der Waals surface area contributed by atoms with E-state index in [-0.39, 0.29) is 24.0 Å². The standard InChI is InChI=1S/C14H24N2O4/c17-13(18)12-6-2-1-4-10(12)8-15-14(19)16-9-11-5-3-7-20-11/h10-12H,1-9H2,(H,17,18)(H2,15,16,19). The third-order valence-corrected chi connectivity index (χ3v) is 4.27. The lowest BCUT2D eigenvalue weighted by Crippen LogP contribution is -2.43. The average molecular weight is 284 g/mol. The van der Waals surface area contributed by atoms with Crippen LogP contribution in [-0.2, 0) is 9.53 Å². The average Bonchev–Trinajstić information content (AvgIpc) is 2.96. The van der Waals surface area contributed by atoms with Crippen LogP contribution in [0.3, 0.4) is 0 Å². The van der Waals surface area contributed by atoms with Crippen molar-refractivity contribution in [3.63, 3.8) is 0 Å². The van der Waals surface area contributed by atoms with E-state index in [0.29, 0.717) is 13.1 Å². The molecule has 2 aliphatic rings. The maximum atomic E-state index is 11.7. The summed E-state index contributed by atoms with van der Waals surface area (Å²) in [4.78, 5) is 22.9. The number of rotatable bonds is 5. The summed E-state index contributed by atoms with van der Waals surface area (Å²) >= 11 is 0. The third kappa shape index (κ3) is 4.37. The number of ether oxygens (including phenoxy) is 1. The van der Waals surface area contributed by atoms with E-state index in [0.717, 1.165) is 45.1 Å². The van der Waals surface area contributed by atoms with Gasteiger partial charge in [0, 0.05) is 19.7 Å². The first-order valence-electron chi connectivity index (χ1n) is 7.53. The summed E-state index contributed by atoms with van der Waals surface area (Å²) in [5.41, 5.74) is 0. The van der Waals surface area contributed by atoms with Gasteiger partial charge in [0.05, 0.1) is 12.0 Å². The Kier molecular flexibility index (Phi) is 5.64. The van der Waals surface area contributed by atoms with Crippen LogP contribution in [-0.4, -0.2) is 42.9 Å². The van der Waals surface area contributed by atoms with Crippen LogP contribution in [0.25, 0.3) is 0 Å². The Morgan fingerprint density at radius 1 is 1.05 bits per heavy atom. The minimum atomic E-state index is -0.740. The molecule has 0 bridgehead atoms. The molecule has 2 rings (SSSR count). The number of carboxylic acid groups (broad SMARTS) is 1. The fourth-order valence-electron chi connectivity index (χ4n) is 3.08. The van der Waals surface area contributed by atoms with E-state index in [2.05, 4.69) is 10.6 Å². The van der Waals surface area contributed by atoms with Crippen molar-refractivity contribution in [2.24, 2.45) is 11.8 Å². The van der Waals surface area contributed by atoms with Crippen LogP contribution in [0.4, 0.5) is 4.79 Å². The van der Waals surface area contributed by atoms with E-state index in [9.17, 15) is 14.7 Å². The van der Waals surface area contributed by atoms with Crippen molar-refractivity contribution in [2.75, 3.05) is 19.7 Å². The van der Waals surface area contributed by atoms with Crippen molar-refractivity contribution in [2.45, 2.75) is 44.6 Å². The predicted octanol–water partition coefficient (Wildman–Crippen LogP) is 1.36. The zero-order chi connectivity index (χ0) is 14.4. The second kappa shape index (κ2) is 7.47. The molecule has 0 spiro atoms. The molecule has 1 saturated heterocycles. The molecule has 0 aromatic heterocycles. The van der Waals surface area contributed by atoms with Crippen molar-refractivity contribution < 1.29 is 19.4 Å². The molecule has 0 aromatic rings. The number of amides is 2. The number of carbonyl (C=O) groups excluding carboxylic acids is 1. The molecule has 114 valence electrons. The highest BCUT2D eigenvalue weighted by molar-refractivity contribution is 5.74. The predicted molar refractivity (Wildman–Crippen MR) is 73.5 cm³/mol. The van der Waals surface area contributed by atoms with E-state index in [1.165, 1.54) is 0 Å².